The van der Waals surface area contributed by atoms with Crippen molar-refractivity contribution < 1.29 is 4.79 Å². The van der Waals surface area contributed by atoms with Crippen LogP contribution in [0.25, 0.3) is 11.3 Å². The second kappa shape index (κ2) is 7.57. The fraction of sp³-hybridized carbons (Fsp3) is 0.250. The van der Waals surface area contributed by atoms with Crippen LogP contribution in [-0.2, 0) is 13.0 Å². The van der Waals surface area contributed by atoms with E-state index < -0.39 is 0 Å². The Balaban J connectivity index is 1.77. The third-order valence-corrected chi connectivity index (χ3v) is 5.08. The van der Waals surface area contributed by atoms with Gasteiger partial charge in [-0.25, -0.2) is 4.98 Å². The molecule has 5 heteroatoms. The molecule has 0 unspecified atom stereocenters. The Kier molecular flexibility index (Phi) is 5.24. The molecular formula is C20H21N3OS. The average Bonchev–Trinajstić information content (AvgIpc) is 3.09. The standard InChI is InChI=1S/C20H21N3OS/c1-4-19-22-16(13-25-19)12-23(3)20(24)17-10-11-18(21-14(17)2)15-8-6-5-7-9-15/h5-11,13H,4,12H2,1-3H3. The molecule has 25 heavy (non-hydrogen) atoms. The van der Waals surface area contributed by atoms with Crippen molar-refractivity contribution in [3.05, 3.63) is 69.8 Å². The van der Waals surface area contributed by atoms with Gasteiger partial charge >= 0.3 is 0 Å². The Morgan fingerprint density at radius 3 is 2.52 bits per heavy atom. The lowest BCUT2D eigenvalue weighted by Crippen LogP contribution is -2.27. The molecule has 2 heterocycles. The van der Waals surface area contributed by atoms with Crippen molar-refractivity contribution in [1.29, 1.82) is 0 Å². The number of amides is 1. The molecule has 0 spiro atoms. The highest BCUT2D eigenvalue weighted by Crippen LogP contribution is 2.20. The van der Waals surface area contributed by atoms with E-state index in [-0.39, 0.29) is 5.91 Å². The number of hydrogen-bond acceptors (Lipinski definition) is 4. The van der Waals surface area contributed by atoms with Gasteiger partial charge in [-0.1, -0.05) is 37.3 Å². The molecule has 1 aromatic carbocycles. The number of rotatable bonds is 5. The number of pyridine rings is 1. The first kappa shape index (κ1) is 17.3. The highest BCUT2D eigenvalue weighted by atomic mass is 32.1. The van der Waals surface area contributed by atoms with Gasteiger partial charge in [0.15, 0.2) is 0 Å². The van der Waals surface area contributed by atoms with E-state index in [9.17, 15) is 4.79 Å². The lowest BCUT2D eigenvalue weighted by Gasteiger charge is -2.17. The van der Waals surface area contributed by atoms with E-state index in [1.54, 1.807) is 23.3 Å². The van der Waals surface area contributed by atoms with Gasteiger partial charge in [-0.05, 0) is 25.5 Å². The molecule has 0 aliphatic rings. The molecule has 128 valence electrons. The van der Waals surface area contributed by atoms with Crippen molar-refractivity contribution >= 4 is 17.2 Å². The number of carbonyl (C=O) groups is 1. The van der Waals surface area contributed by atoms with Crippen LogP contribution in [0.2, 0.25) is 0 Å². The van der Waals surface area contributed by atoms with E-state index in [1.807, 2.05) is 54.8 Å². The lowest BCUT2D eigenvalue weighted by atomic mass is 10.1. The summed E-state index contributed by atoms with van der Waals surface area (Å²) in [5.41, 5.74) is 4.24. The summed E-state index contributed by atoms with van der Waals surface area (Å²) in [4.78, 5) is 23.6. The minimum absolute atomic E-state index is 0.0318. The Bertz CT molecular complexity index is 874. The van der Waals surface area contributed by atoms with Gasteiger partial charge in [0.2, 0.25) is 0 Å². The molecule has 0 saturated heterocycles. The van der Waals surface area contributed by atoms with Crippen molar-refractivity contribution in [2.75, 3.05) is 7.05 Å². The third kappa shape index (κ3) is 3.94. The molecule has 0 radical (unpaired) electrons. The number of nitrogens with zero attached hydrogens (tertiary/aromatic N) is 3. The molecule has 0 atom stereocenters. The minimum Gasteiger partial charge on any atom is -0.336 e. The van der Waals surface area contributed by atoms with E-state index in [4.69, 9.17) is 0 Å². The van der Waals surface area contributed by atoms with Crippen molar-refractivity contribution in [3.8, 4) is 11.3 Å². The number of thiazole rings is 1. The van der Waals surface area contributed by atoms with Gasteiger partial charge in [-0.2, -0.15) is 0 Å². The fourth-order valence-electron chi connectivity index (χ4n) is 2.66. The summed E-state index contributed by atoms with van der Waals surface area (Å²) in [5, 5.41) is 3.12. The first-order chi connectivity index (χ1) is 12.1. The average molecular weight is 351 g/mol. The molecule has 0 N–H and O–H groups in total. The summed E-state index contributed by atoms with van der Waals surface area (Å²) < 4.78 is 0. The second-order valence-electron chi connectivity index (χ2n) is 5.94. The SMILES string of the molecule is CCc1nc(CN(C)C(=O)c2ccc(-c3ccccc3)nc2C)cs1. The quantitative estimate of drug-likeness (QED) is 0.686. The van der Waals surface area contributed by atoms with Gasteiger partial charge < -0.3 is 4.90 Å². The molecule has 1 amide bonds. The van der Waals surface area contributed by atoms with E-state index in [0.717, 1.165) is 34.1 Å². The van der Waals surface area contributed by atoms with Gasteiger partial charge in [0.25, 0.3) is 5.91 Å². The van der Waals surface area contributed by atoms with Crippen molar-refractivity contribution in [1.82, 2.24) is 14.9 Å². The summed E-state index contributed by atoms with van der Waals surface area (Å²) in [6.45, 7) is 4.47. The normalized spacial score (nSPS) is 10.7. The van der Waals surface area contributed by atoms with Crippen molar-refractivity contribution in [3.63, 3.8) is 0 Å². The van der Waals surface area contributed by atoms with Crippen molar-refractivity contribution in [2.45, 2.75) is 26.8 Å². The Morgan fingerprint density at radius 1 is 1.12 bits per heavy atom. The summed E-state index contributed by atoms with van der Waals surface area (Å²) >= 11 is 1.64. The molecule has 0 fully saturated rings. The zero-order chi connectivity index (χ0) is 17.8. The van der Waals surface area contributed by atoms with Crippen LogP contribution in [0.15, 0.2) is 47.8 Å². The van der Waals surface area contributed by atoms with Gasteiger partial charge in [-0.3, -0.25) is 9.78 Å². The lowest BCUT2D eigenvalue weighted by molar-refractivity contribution is 0.0782. The van der Waals surface area contributed by atoms with Gasteiger partial charge in [-0.15, -0.1) is 11.3 Å². The molecule has 0 aliphatic carbocycles. The molecule has 3 aromatic rings. The first-order valence-electron chi connectivity index (χ1n) is 8.30. The molecular weight excluding hydrogens is 330 g/mol. The van der Waals surface area contributed by atoms with Gasteiger partial charge in [0.05, 0.1) is 34.2 Å². The van der Waals surface area contributed by atoms with Gasteiger partial charge in [0, 0.05) is 18.0 Å². The van der Waals surface area contributed by atoms with Crippen LogP contribution in [0.4, 0.5) is 0 Å². The minimum atomic E-state index is -0.0318. The van der Waals surface area contributed by atoms with Crippen LogP contribution in [0.3, 0.4) is 0 Å². The summed E-state index contributed by atoms with van der Waals surface area (Å²) in [5.74, 6) is -0.0318. The van der Waals surface area contributed by atoms with Gasteiger partial charge in [0.1, 0.15) is 0 Å². The molecule has 0 bridgehead atoms. The van der Waals surface area contributed by atoms with E-state index in [1.165, 1.54) is 0 Å². The van der Waals surface area contributed by atoms with Crippen molar-refractivity contribution in [2.24, 2.45) is 0 Å². The number of benzene rings is 1. The topological polar surface area (TPSA) is 46.1 Å². The summed E-state index contributed by atoms with van der Waals surface area (Å²) in [6.07, 6.45) is 0.923. The highest BCUT2D eigenvalue weighted by molar-refractivity contribution is 7.09. The molecule has 0 saturated carbocycles. The predicted molar refractivity (Wildman–Crippen MR) is 102 cm³/mol. The molecule has 2 aromatic heterocycles. The Morgan fingerprint density at radius 2 is 1.88 bits per heavy atom. The Labute approximate surface area is 152 Å². The zero-order valence-electron chi connectivity index (χ0n) is 14.7. The fourth-order valence-corrected chi connectivity index (χ4v) is 3.40. The maximum Gasteiger partial charge on any atom is 0.255 e. The summed E-state index contributed by atoms with van der Waals surface area (Å²) in [7, 11) is 1.80. The van der Waals surface area contributed by atoms with Crippen LogP contribution in [0.1, 0.15) is 33.7 Å². The van der Waals surface area contributed by atoms with Crippen LogP contribution in [-0.4, -0.2) is 27.8 Å². The van der Waals surface area contributed by atoms with Crippen LogP contribution < -0.4 is 0 Å². The molecule has 0 aliphatic heterocycles. The highest BCUT2D eigenvalue weighted by Gasteiger charge is 2.17. The smallest absolute Gasteiger partial charge is 0.255 e. The maximum atomic E-state index is 12.8. The number of hydrogen-bond donors (Lipinski definition) is 0. The second-order valence-corrected chi connectivity index (χ2v) is 6.89. The van der Waals surface area contributed by atoms with Crippen LogP contribution in [0, 0.1) is 6.92 Å². The van der Waals surface area contributed by atoms with E-state index in [2.05, 4.69) is 16.9 Å². The molecule has 4 nitrogen and oxygen atoms in total. The monoisotopic (exact) mass is 351 g/mol. The van der Waals surface area contributed by atoms with Crippen LogP contribution >= 0.6 is 11.3 Å². The maximum absolute atomic E-state index is 12.8. The number of aryl methyl sites for hydroxylation is 2. The first-order valence-corrected chi connectivity index (χ1v) is 9.18. The van der Waals surface area contributed by atoms with E-state index >= 15 is 0 Å². The van der Waals surface area contributed by atoms with E-state index in [0.29, 0.717) is 12.1 Å². The van der Waals surface area contributed by atoms with Crippen LogP contribution in [0.5, 0.6) is 0 Å². The zero-order valence-corrected chi connectivity index (χ0v) is 15.5. The predicted octanol–water partition coefficient (Wildman–Crippen LogP) is 4.35. The largest absolute Gasteiger partial charge is 0.336 e. The summed E-state index contributed by atoms with van der Waals surface area (Å²) in [6, 6.07) is 13.7. The number of aromatic nitrogens is 2. The Hall–Kier alpha value is -2.53. The molecule has 3 rings (SSSR count). The number of carbonyl (C=O) groups excluding carboxylic acids is 1. The third-order valence-electron chi connectivity index (χ3n) is 4.03.